The van der Waals surface area contributed by atoms with Gasteiger partial charge in [-0.2, -0.15) is 4.72 Å². The van der Waals surface area contributed by atoms with Crippen LogP contribution in [-0.2, 0) is 19.6 Å². The summed E-state index contributed by atoms with van der Waals surface area (Å²) in [5.41, 5.74) is 7.19. The van der Waals surface area contributed by atoms with Gasteiger partial charge in [-0.25, -0.2) is 8.42 Å². The Morgan fingerprint density at radius 3 is 2.26 bits per heavy atom. The summed E-state index contributed by atoms with van der Waals surface area (Å²) < 4.78 is 26.9. The van der Waals surface area contributed by atoms with Crippen LogP contribution in [0.3, 0.4) is 0 Å². The number of piperidine rings is 1. The number of hydrogen-bond donors (Lipinski definition) is 5. The number of carbonyl (C=O) groups is 2. The summed E-state index contributed by atoms with van der Waals surface area (Å²) in [6.45, 7) is 1.19. The predicted octanol–water partition coefficient (Wildman–Crippen LogP) is 1.13. The number of nitrogens with zero attached hydrogens (tertiary/aromatic N) is 1. The number of anilines is 1. The fraction of sp³-hybridized carbons (Fsp3) is 0.348. The fourth-order valence-electron chi connectivity index (χ4n) is 3.83. The average molecular weight is 488 g/mol. The number of sulfonamides is 1. The van der Waals surface area contributed by atoms with E-state index in [9.17, 15) is 23.1 Å². The van der Waals surface area contributed by atoms with Crippen molar-refractivity contribution in [1.29, 1.82) is 5.41 Å². The molecule has 2 aromatic carbocycles. The molecule has 1 fully saturated rings. The van der Waals surface area contributed by atoms with E-state index in [-0.39, 0.29) is 35.5 Å². The van der Waals surface area contributed by atoms with Gasteiger partial charge < -0.3 is 21.1 Å². The number of hydrogen-bond acceptors (Lipinski definition) is 6. The van der Waals surface area contributed by atoms with Crippen LogP contribution in [0.15, 0.2) is 59.5 Å². The van der Waals surface area contributed by atoms with Gasteiger partial charge in [0.1, 0.15) is 11.9 Å². The van der Waals surface area contributed by atoms with E-state index >= 15 is 0 Å². The smallest absolute Gasteiger partial charge is 0.323 e. The first-order valence-electron chi connectivity index (χ1n) is 10.9. The zero-order valence-electron chi connectivity index (χ0n) is 18.6. The van der Waals surface area contributed by atoms with Crippen LogP contribution < -0.4 is 20.7 Å². The average Bonchev–Trinajstić information content (AvgIpc) is 2.82. The molecule has 1 amide bonds. The Morgan fingerprint density at radius 1 is 1.09 bits per heavy atom. The summed E-state index contributed by atoms with van der Waals surface area (Å²) >= 11 is 0. The van der Waals surface area contributed by atoms with Crippen molar-refractivity contribution in [3.05, 3.63) is 60.2 Å². The molecule has 0 saturated carbocycles. The van der Waals surface area contributed by atoms with Crippen molar-refractivity contribution in [1.82, 2.24) is 10.0 Å². The lowest BCUT2D eigenvalue weighted by Gasteiger charge is -2.33. The van der Waals surface area contributed by atoms with Gasteiger partial charge in [-0.15, -0.1) is 0 Å². The molecule has 1 aliphatic rings. The number of rotatable bonds is 10. The van der Waals surface area contributed by atoms with Crippen molar-refractivity contribution in [2.75, 3.05) is 24.5 Å². The number of carbonyl (C=O) groups excluding carboxylic acids is 1. The molecule has 34 heavy (non-hydrogen) atoms. The standard InChI is InChI=1S/C23H29N5O5S/c24-22(25)17-6-8-18(9-7-17)28-12-10-16(11-13-28)14-21(29)26-15-20(23(30)31)27-34(32,33)19-4-2-1-3-5-19/h1-9,16,20,27H,10-15H2,(H3,24,25)(H,26,29)(H,30,31)/t20-/m0/s1. The van der Waals surface area contributed by atoms with Gasteiger partial charge >= 0.3 is 5.97 Å². The molecule has 0 aliphatic carbocycles. The topological polar surface area (TPSA) is 166 Å². The number of carboxylic acid groups (broad SMARTS) is 1. The van der Waals surface area contributed by atoms with Crippen molar-refractivity contribution in [2.45, 2.75) is 30.2 Å². The summed E-state index contributed by atoms with van der Waals surface area (Å²) in [5, 5.41) is 19.4. The Labute approximate surface area is 198 Å². The summed E-state index contributed by atoms with van der Waals surface area (Å²) in [5.74, 6) is -1.51. The molecule has 1 saturated heterocycles. The first-order chi connectivity index (χ1) is 16.2. The maximum Gasteiger partial charge on any atom is 0.323 e. The normalized spacial score (nSPS) is 15.5. The molecule has 2 aromatic rings. The van der Waals surface area contributed by atoms with Crippen molar-refractivity contribution in [3.8, 4) is 0 Å². The number of nitrogens with two attached hydrogens (primary N) is 1. The van der Waals surface area contributed by atoms with Gasteiger partial charge in [-0.05, 0) is 55.2 Å². The van der Waals surface area contributed by atoms with Crippen LogP contribution in [0.4, 0.5) is 5.69 Å². The van der Waals surface area contributed by atoms with E-state index in [1.165, 1.54) is 12.1 Å². The Hall–Kier alpha value is -3.44. The van der Waals surface area contributed by atoms with Gasteiger partial charge in [0, 0.05) is 37.3 Å². The van der Waals surface area contributed by atoms with E-state index in [1.54, 1.807) is 18.2 Å². The Morgan fingerprint density at radius 2 is 1.71 bits per heavy atom. The minimum Gasteiger partial charge on any atom is -0.480 e. The molecule has 1 atom stereocenters. The van der Waals surface area contributed by atoms with Crippen LogP contribution in [-0.4, -0.2) is 56.9 Å². The Bertz CT molecular complexity index is 1110. The Kier molecular flexibility index (Phi) is 8.24. The van der Waals surface area contributed by atoms with E-state index in [1.807, 2.05) is 24.3 Å². The number of aliphatic carboxylic acids is 1. The number of nitrogen functional groups attached to an aromatic ring is 1. The number of amides is 1. The lowest BCUT2D eigenvalue weighted by Crippen LogP contribution is -2.48. The molecule has 11 heteroatoms. The van der Waals surface area contributed by atoms with Crippen molar-refractivity contribution in [3.63, 3.8) is 0 Å². The van der Waals surface area contributed by atoms with E-state index in [4.69, 9.17) is 11.1 Å². The summed E-state index contributed by atoms with van der Waals surface area (Å²) in [4.78, 5) is 26.1. The van der Waals surface area contributed by atoms with E-state index < -0.39 is 22.0 Å². The highest BCUT2D eigenvalue weighted by Crippen LogP contribution is 2.25. The van der Waals surface area contributed by atoms with Gasteiger partial charge in [0.15, 0.2) is 0 Å². The summed E-state index contributed by atoms with van der Waals surface area (Å²) in [7, 11) is -4.03. The van der Waals surface area contributed by atoms with Gasteiger partial charge in [0.05, 0.1) is 4.90 Å². The van der Waals surface area contributed by atoms with Gasteiger partial charge in [-0.3, -0.25) is 15.0 Å². The number of nitrogens with one attached hydrogen (secondary N) is 3. The fourth-order valence-corrected chi connectivity index (χ4v) is 5.04. The molecular weight excluding hydrogens is 458 g/mol. The number of benzene rings is 2. The molecule has 0 spiro atoms. The highest BCUT2D eigenvalue weighted by molar-refractivity contribution is 7.89. The van der Waals surface area contributed by atoms with Crippen LogP contribution in [0.1, 0.15) is 24.8 Å². The second-order valence-corrected chi connectivity index (χ2v) is 9.94. The molecule has 3 rings (SSSR count). The summed E-state index contributed by atoms with van der Waals surface area (Å²) in [6.07, 6.45) is 1.84. The first-order valence-corrected chi connectivity index (χ1v) is 12.4. The van der Waals surface area contributed by atoms with Crippen LogP contribution in [0, 0.1) is 11.3 Å². The van der Waals surface area contributed by atoms with Crippen molar-refractivity contribution in [2.24, 2.45) is 11.7 Å². The SMILES string of the molecule is N=C(N)c1ccc(N2CCC(CC(=O)NC[C@H](NS(=O)(=O)c3ccccc3)C(=O)O)CC2)cc1. The van der Waals surface area contributed by atoms with Crippen LogP contribution in [0.2, 0.25) is 0 Å². The van der Waals surface area contributed by atoms with Crippen LogP contribution >= 0.6 is 0 Å². The third-order valence-corrected chi connectivity index (χ3v) is 7.27. The molecule has 0 bridgehead atoms. The maximum atomic E-state index is 12.4. The molecule has 1 aliphatic heterocycles. The largest absolute Gasteiger partial charge is 0.480 e. The van der Waals surface area contributed by atoms with E-state index in [0.717, 1.165) is 31.6 Å². The second-order valence-electron chi connectivity index (χ2n) is 8.22. The Balaban J connectivity index is 1.47. The minimum atomic E-state index is -4.03. The van der Waals surface area contributed by atoms with Crippen molar-refractivity contribution < 1.29 is 23.1 Å². The zero-order valence-corrected chi connectivity index (χ0v) is 19.4. The maximum absolute atomic E-state index is 12.4. The quantitative estimate of drug-likeness (QED) is 0.247. The molecule has 10 nitrogen and oxygen atoms in total. The van der Waals surface area contributed by atoms with Gasteiger partial charge in [-0.1, -0.05) is 18.2 Å². The molecular formula is C23H29N5O5S. The monoisotopic (exact) mass is 487 g/mol. The third kappa shape index (κ3) is 6.78. The highest BCUT2D eigenvalue weighted by Gasteiger charge is 2.27. The number of carboxylic acids is 1. The van der Waals surface area contributed by atoms with E-state index in [2.05, 4.69) is 14.9 Å². The summed E-state index contributed by atoms with van der Waals surface area (Å²) in [6, 6.07) is 13.4. The lowest BCUT2D eigenvalue weighted by atomic mass is 9.93. The van der Waals surface area contributed by atoms with Crippen molar-refractivity contribution >= 4 is 33.4 Å². The number of amidine groups is 1. The molecule has 1 heterocycles. The molecule has 182 valence electrons. The zero-order chi connectivity index (χ0) is 24.7. The molecule has 0 aromatic heterocycles. The molecule has 6 N–H and O–H groups in total. The van der Waals surface area contributed by atoms with E-state index in [0.29, 0.717) is 5.56 Å². The van der Waals surface area contributed by atoms with Crippen LogP contribution in [0.25, 0.3) is 0 Å². The first kappa shape index (κ1) is 25.2. The van der Waals surface area contributed by atoms with Crippen LogP contribution in [0.5, 0.6) is 0 Å². The minimum absolute atomic E-state index is 0.0225. The predicted molar refractivity (Wildman–Crippen MR) is 128 cm³/mol. The third-order valence-electron chi connectivity index (χ3n) is 5.78. The highest BCUT2D eigenvalue weighted by atomic mass is 32.2. The van der Waals surface area contributed by atoms with Gasteiger partial charge in [0.2, 0.25) is 15.9 Å². The molecule has 0 unspecified atom stereocenters. The second kappa shape index (κ2) is 11.1. The molecule has 0 radical (unpaired) electrons. The van der Waals surface area contributed by atoms with Gasteiger partial charge in [0.25, 0.3) is 0 Å². The lowest BCUT2D eigenvalue weighted by molar-refractivity contribution is -0.138.